The molecule has 1 heterocycles. The van der Waals surface area contributed by atoms with E-state index in [1.807, 2.05) is 13.0 Å². The first-order valence-electron chi connectivity index (χ1n) is 4.98. The summed E-state index contributed by atoms with van der Waals surface area (Å²) in [4.78, 5) is 15.7. The molecule has 16 heavy (non-hydrogen) atoms. The SMILES string of the molecule is COCC(Cl)CNC(=O)c1ncccc1C. The Morgan fingerprint density at radius 1 is 1.69 bits per heavy atom. The number of carbonyl (C=O) groups is 1. The van der Waals surface area contributed by atoms with Crippen LogP contribution in [0.5, 0.6) is 0 Å². The number of aromatic nitrogens is 1. The number of carbonyl (C=O) groups excluding carboxylic acids is 1. The summed E-state index contributed by atoms with van der Waals surface area (Å²) >= 11 is 5.89. The minimum atomic E-state index is -0.224. The van der Waals surface area contributed by atoms with Crippen LogP contribution in [0, 0.1) is 6.92 Å². The average molecular weight is 243 g/mol. The summed E-state index contributed by atoms with van der Waals surface area (Å²) in [6.07, 6.45) is 1.59. The molecule has 0 spiro atoms. The number of ether oxygens (including phenoxy) is 1. The van der Waals surface area contributed by atoms with E-state index < -0.39 is 0 Å². The highest BCUT2D eigenvalue weighted by Crippen LogP contribution is 2.03. The van der Waals surface area contributed by atoms with E-state index in [9.17, 15) is 4.79 Å². The van der Waals surface area contributed by atoms with Crippen molar-refractivity contribution in [2.75, 3.05) is 20.3 Å². The lowest BCUT2D eigenvalue weighted by molar-refractivity contribution is 0.0943. The Kier molecular flexibility index (Phi) is 5.22. The number of rotatable bonds is 5. The number of nitrogens with zero attached hydrogens (tertiary/aromatic N) is 1. The summed E-state index contributed by atoms with van der Waals surface area (Å²) in [5, 5.41) is 2.49. The molecule has 1 N–H and O–H groups in total. The summed E-state index contributed by atoms with van der Waals surface area (Å²) in [5.41, 5.74) is 1.28. The maximum absolute atomic E-state index is 11.7. The monoisotopic (exact) mass is 242 g/mol. The Bertz CT molecular complexity index is 358. The molecule has 0 aromatic carbocycles. The molecule has 5 heteroatoms. The molecule has 1 atom stereocenters. The minimum Gasteiger partial charge on any atom is -0.383 e. The van der Waals surface area contributed by atoms with Crippen molar-refractivity contribution in [1.29, 1.82) is 0 Å². The van der Waals surface area contributed by atoms with Crippen LogP contribution in [0.2, 0.25) is 0 Å². The molecule has 0 radical (unpaired) electrons. The molecule has 0 aliphatic carbocycles. The van der Waals surface area contributed by atoms with Gasteiger partial charge in [-0.2, -0.15) is 0 Å². The largest absolute Gasteiger partial charge is 0.383 e. The number of halogens is 1. The van der Waals surface area contributed by atoms with Gasteiger partial charge in [0.2, 0.25) is 0 Å². The zero-order valence-corrected chi connectivity index (χ0v) is 10.1. The normalized spacial score (nSPS) is 12.2. The van der Waals surface area contributed by atoms with E-state index in [1.54, 1.807) is 19.4 Å². The Labute approximate surface area is 100.0 Å². The molecular formula is C11H15ClN2O2. The second kappa shape index (κ2) is 6.45. The van der Waals surface area contributed by atoms with E-state index in [2.05, 4.69) is 10.3 Å². The lowest BCUT2D eigenvalue weighted by Crippen LogP contribution is -2.32. The van der Waals surface area contributed by atoms with Crippen molar-refractivity contribution in [3.63, 3.8) is 0 Å². The Morgan fingerprint density at radius 3 is 3.06 bits per heavy atom. The third-order valence-corrected chi connectivity index (χ3v) is 2.34. The van der Waals surface area contributed by atoms with Crippen molar-refractivity contribution >= 4 is 17.5 Å². The molecule has 0 aliphatic rings. The molecule has 88 valence electrons. The molecule has 1 rings (SSSR count). The second-order valence-electron chi connectivity index (χ2n) is 3.43. The molecule has 0 saturated heterocycles. The Balaban J connectivity index is 2.50. The lowest BCUT2D eigenvalue weighted by atomic mass is 10.2. The summed E-state index contributed by atoms with van der Waals surface area (Å²) in [7, 11) is 1.57. The van der Waals surface area contributed by atoms with Crippen molar-refractivity contribution < 1.29 is 9.53 Å². The molecule has 0 saturated carbocycles. The van der Waals surface area contributed by atoms with Gasteiger partial charge in [-0.1, -0.05) is 6.07 Å². The highest BCUT2D eigenvalue weighted by Gasteiger charge is 2.11. The standard InChI is InChI=1S/C11H15ClN2O2/c1-8-4-3-5-13-10(8)11(15)14-6-9(12)7-16-2/h3-5,9H,6-7H2,1-2H3,(H,14,15). The van der Waals surface area contributed by atoms with Gasteiger partial charge >= 0.3 is 0 Å². The molecule has 4 nitrogen and oxygen atoms in total. The fraction of sp³-hybridized carbons (Fsp3) is 0.455. The number of hydrogen-bond acceptors (Lipinski definition) is 3. The van der Waals surface area contributed by atoms with Crippen LogP contribution in [0.3, 0.4) is 0 Å². The van der Waals surface area contributed by atoms with Crippen molar-refractivity contribution in [3.05, 3.63) is 29.6 Å². The van der Waals surface area contributed by atoms with Gasteiger partial charge in [0.1, 0.15) is 5.69 Å². The Hall–Kier alpha value is -1.13. The first-order valence-corrected chi connectivity index (χ1v) is 5.41. The molecule has 0 fully saturated rings. The predicted octanol–water partition coefficient (Wildman–Crippen LogP) is 1.37. The van der Waals surface area contributed by atoms with Gasteiger partial charge < -0.3 is 10.1 Å². The number of hydrogen-bond donors (Lipinski definition) is 1. The number of methoxy groups -OCH3 is 1. The van der Waals surface area contributed by atoms with Gasteiger partial charge in [0.05, 0.1) is 12.0 Å². The van der Waals surface area contributed by atoms with Gasteiger partial charge in [-0.05, 0) is 18.6 Å². The quantitative estimate of drug-likeness (QED) is 0.794. The van der Waals surface area contributed by atoms with Crippen molar-refractivity contribution in [3.8, 4) is 0 Å². The summed E-state index contributed by atoms with van der Waals surface area (Å²) in [6, 6.07) is 3.64. The highest BCUT2D eigenvalue weighted by molar-refractivity contribution is 6.21. The molecule has 1 aromatic rings. The van der Waals surface area contributed by atoms with Crippen LogP contribution >= 0.6 is 11.6 Å². The smallest absolute Gasteiger partial charge is 0.270 e. The molecule has 0 aliphatic heterocycles. The van der Waals surface area contributed by atoms with E-state index >= 15 is 0 Å². The molecule has 1 aromatic heterocycles. The minimum absolute atomic E-state index is 0.208. The number of amides is 1. The first kappa shape index (κ1) is 12.9. The van der Waals surface area contributed by atoms with Crippen molar-refractivity contribution in [2.24, 2.45) is 0 Å². The Morgan fingerprint density at radius 2 is 2.44 bits per heavy atom. The third kappa shape index (κ3) is 3.79. The summed E-state index contributed by atoms with van der Waals surface area (Å²) in [5.74, 6) is -0.208. The van der Waals surface area contributed by atoms with Crippen LogP contribution < -0.4 is 5.32 Å². The van der Waals surface area contributed by atoms with Gasteiger partial charge in [-0.15, -0.1) is 11.6 Å². The third-order valence-electron chi connectivity index (χ3n) is 2.06. The van der Waals surface area contributed by atoms with Crippen LogP contribution in [0.15, 0.2) is 18.3 Å². The van der Waals surface area contributed by atoms with Crippen LogP contribution in [0.4, 0.5) is 0 Å². The number of aryl methyl sites for hydroxylation is 1. The van der Waals surface area contributed by atoms with Crippen LogP contribution in [-0.4, -0.2) is 36.5 Å². The van der Waals surface area contributed by atoms with E-state index in [0.29, 0.717) is 18.8 Å². The summed E-state index contributed by atoms with van der Waals surface area (Å²) < 4.78 is 4.87. The number of nitrogens with one attached hydrogen (secondary N) is 1. The van der Waals surface area contributed by atoms with Gasteiger partial charge in [0, 0.05) is 19.9 Å². The first-order chi connectivity index (χ1) is 7.65. The van der Waals surface area contributed by atoms with Crippen LogP contribution in [0.1, 0.15) is 16.1 Å². The zero-order valence-electron chi connectivity index (χ0n) is 9.37. The highest BCUT2D eigenvalue weighted by atomic mass is 35.5. The van der Waals surface area contributed by atoms with Gasteiger partial charge in [-0.25, -0.2) is 0 Å². The maximum Gasteiger partial charge on any atom is 0.270 e. The zero-order chi connectivity index (χ0) is 12.0. The molecule has 1 unspecified atom stereocenters. The number of alkyl halides is 1. The molecular weight excluding hydrogens is 228 g/mol. The molecule has 0 bridgehead atoms. The van der Waals surface area contributed by atoms with E-state index in [4.69, 9.17) is 16.3 Å². The molecule has 1 amide bonds. The van der Waals surface area contributed by atoms with E-state index in [0.717, 1.165) is 5.56 Å². The fourth-order valence-electron chi connectivity index (χ4n) is 1.25. The van der Waals surface area contributed by atoms with Crippen molar-refractivity contribution in [2.45, 2.75) is 12.3 Å². The van der Waals surface area contributed by atoms with Gasteiger partial charge in [0.25, 0.3) is 5.91 Å². The van der Waals surface area contributed by atoms with Gasteiger partial charge in [0.15, 0.2) is 0 Å². The fourth-order valence-corrected chi connectivity index (χ4v) is 1.45. The van der Waals surface area contributed by atoms with E-state index in [1.165, 1.54) is 0 Å². The predicted molar refractivity (Wildman–Crippen MR) is 62.8 cm³/mol. The van der Waals surface area contributed by atoms with Crippen LogP contribution in [-0.2, 0) is 4.74 Å². The maximum atomic E-state index is 11.7. The van der Waals surface area contributed by atoms with E-state index in [-0.39, 0.29) is 11.3 Å². The lowest BCUT2D eigenvalue weighted by Gasteiger charge is -2.10. The van der Waals surface area contributed by atoms with Gasteiger partial charge in [-0.3, -0.25) is 9.78 Å². The topological polar surface area (TPSA) is 51.2 Å². The van der Waals surface area contributed by atoms with Crippen LogP contribution in [0.25, 0.3) is 0 Å². The number of pyridine rings is 1. The summed E-state index contributed by atoms with van der Waals surface area (Å²) in [6.45, 7) is 2.61. The second-order valence-corrected chi connectivity index (χ2v) is 4.05. The average Bonchev–Trinajstić information content (AvgIpc) is 2.27. The van der Waals surface area contributed by atoms with Crippen molar-refractivity contribution in [1.82, 2.24) is 10.3 Å².